The monoisotopic (exact) mass is 202 g/mol. The first kappa shape index (κ1) is 9.45. The number of aromatic nitrogens is 2. The van der Waals surface area contributed by atoms with Crippen molar-refractivity contribution >= 4 is 5.78 Å². The van der Waals surface area contributed by atoms with Gasteiger partial charge in [-0.15, -0.1) is 0 Å². The number of carbonyl (C=O) groups is 1. The molecule has 2 heterocycles. The Bertz CT molecular complexity index is 463. The van der Waals surface area contributed by atoms with Gasteiger partial charge in [0.05, 0.1) is 18.4 Å². The van der Waals surface area contributed by atoms with Gasteiger partial charge in [0.25, 0.3) is 0 Å². The van der Waals surface area contributed by atoms with Crippen molar-refractivity contribution in [2.24, 2.45) is 0 Å². The van der Waals surface area contributed by atoms with E-state index in [-0.39, 0.29) is 5.78 Å². The van der Waals surface area contributed by atoms with Crippen LogP contribution < -0.4 is 4.74 Å². The molecule has 0 amide bonds. The first-order valence-electron chi connectivity index (χ1n) is 4.50. The summed E-state index contributed by atoms with van der Waals surface area (Å²) in [7, 11) is 1.49. The van der Waals surface area contributed by atoms with E-state index in [4.69, 9.17) is 4.74 Å². The Morgan fingerprint density at radius 1 is 1.40 bits per heavy atom. The number of nitrogens with zero attached hydrogens (tertiary/aromatic N) is 1. The number of carbonyl (C=O) groups excluding carboxylic acids is 1. The summed E-state index contributed by atoms with van der Waals surface area (Å²) in [5, 5.41) is 0. The Kier molecular flexibility index (Phi) is 2.49. The van der Waals surface area contributed by atoms with Gasteiger partial charge in [-0.3, -0.25) is 4.79 Å². The Morgan fingerprint density at radius 3 is 2.93 bits per heavy atom. The number of hydrogen-bond donors (Lipinski definition) is 1. The summed E-state index contributed by atoms with van der Waals surface area (Å²) < 4.78 is 5.02. The molecule has 0 unspecified atom stereocenters. The van der Waals surface area contributed by atoms with Gasteiger partial charge in [-0.25, -0.2) is 4.98 Å². The van der Waals surface area contributed by atoms with Gasteiger partial charge in [0.2, 0.25) is 11.7 Å². The zero-order valence-corrected chi connectivity index (χ0v) is 8.23. The number of hydrogen-bond acceptors (Lipinski definition) is 3. The van der Waals surface area contributed by atoms with Crippen LogP contribution in [0.25, 0.3) is 0 Å². The third-order valence-corrected chi connectivity index (χ3v) is 2.05. The molecule has 0 atom stereocenters. The number of pyridine rings is 1. The lowest BCUT2D eigenvalue weighted by molar-refractivity contribution is 0.103. The molecule has 0 aromatic carbocycles. The molecule has 4 heteroatoms. The minimum absolute atomic E-state index is 0.120. The molecule has 76 valence electrons. The minimum Gasteiger partial charge on any atom is -0.480 e. The second kappa shape index (κ2) is 3.96. The van der Waals surface area contributed by atoms with Crippen LogP contribution in [0.3, 0.4) is 0 Å². The van der Waals surface area contributed by atoms with E-state index in [1.54, 1.807) is 36.7 Å². The van der Waals surface area contributed by atoms with Crippen LogP contribution in [-0.4, -0.2) is 22.9 Å². The predicted octanol–water partition coefficient (Wildman–Crippen LogP) is 1.65. The number of methoxy groups -OCH3 is 1. The van der Waals surface area contributed by atoms with Gasteiger partial charge < -0.3 is 9.72 Å². The number of ketones is 1. The molecule has 0 saturated heterocycles. The van der Waals surface area contributed by atoms with Crippen molar-refractivity contribution in [1.29, 1.82) is 0 Å². The third kappa shape index (κ3) is 1.74. The highest BCUT2D eigenvalue weighted by atomic mass is 16.5. The third-order valence-electron chi connectivity index (χ3n) is 2.05. The molecule has 15 heavy (non-hydrogen) atoms. The number of H-pyrrole nitrogens is 1. The topological polar surface area (TPSA) is 55.0 Å². The first-order valence-corrected chi connectivity index (χ1v) is 4.50. The molecular weight excluding hydrogens is 192 g/mol. The standard InChI is InChI=1S/C11H10N2O2/c1-15-11-8(4-2-7-13-11)10(14)9-5-3-6-12-9/h2-7,12H,1H3. The van der Waals surface area contributed by atoms with Crippen molar-refractivity contribution < 1.29 is 9.53 Å². The van der Waals surface area contributed by atoms with Gasteiger partial charge >= 0.3 is 0 Å². The second-order valence-corrected chi connectivity index (χ2v) is 2.97. The van der Waals surface area contributed by atoms with Crippen molar-refractivity contribution in [2.45, 2.75) is 0 Å². The average molecular weight is 202 g/mol. The van der Waals surface area contributed by atoms with Crippen molar-refractivity contribution in [3.63, 3.8) is 0 Å². The molecule has 0 spiro atoms. The van der Waals surface area contributed by atoms with E-state index in [0.29, 0.717) is 17.1 Å². The lowest BCUT2D eigenvalue weighted by Gasteiger charge is -2.04. The van der Waals surface area contributed by atoms with Gasteiger partial charge in [-0.2, -0.15) is 0 Å². The van der Waals surface area contributed by atoms with E-state index in [2.05, 4.69) is 9.97 Å². The lowest BCUT2D eigenvalue weighted by Crippen LogP contribution is -2.05. The zero-order valence-electron chi connectivity index (χ0n) is 8.23. The van der Waals surface area contributed by atoms with Crippen LogP contribution in [0, 0.1) is 0 Å². The summed E-state index contributed by atoms with van der Waals surface area (Å²) >= 11 is 0. The maximum absolute atomic E-state index is 11.9. The minimum atomic E-state index is -0.120. The van der Waals surface area contributed by atoms with Crippen LogP contribution in [0.5, 0.6) is 5.88 Å². The van der Waals surface area contributed by atoms with Crippen molar-refractivity contribution in [3.05, 3.63) is 47.9 Å². The highest BCUT2D eigenvalue weighted by Gasteiger charge is 2.14. The van der Waals surface area contributed by atoms with Crippen LogP contribution in [0.2, 0.25) is 0 Å². The van der Waals surface area contributed by atoms with Gasteiger partial charge in [-0.1, -0.05) is 0 Å². The molecule has 0 aliphatic carbocycles. The first-order chi connectivity index (χ1) is 7.33. The molecule has 0 fully saturated rings. The fraction of sp³-hybridized carbons (Fsp3) is 0.0909. The molecular formula is C11H10N2O2. The van der Waals surface area contributed by atoms with Crippen molar-refractivity contribution in [2.75, 3.05) is 7.11 Å². The molecule has 0 radical (unpaired) electrons. The fourth-order valence-electron chi connectivity index (χ4n) is 1.34. The molecule has 0 aliphatic rings. The second-order valence-electron chi connectivity index (χ2n) is 2.97. The van der Waals surface area contributed by atoms with Crippen molar-refractivity contribution in [3.8, 4) is 5.88 Å². The molecule has 0 saturated carbocycles. The van der Waals surface area contributed by atoms with E-state index < -0.39 is 0 Å². The van der Waals surface area contributed by atoms with Crippen LogP contribution in [0.4, 0.5) is 0 Å². The largest absolute Gasteiger partial charge is 0.480 e. The summed E-state index contributed by atoms with van der Waals surface area (Å²) in [6, 6.07) is 6.89. The van der Waals surface area contributed by atoms with Crippen LogP contribution in [0.15, 0.2) is 36.7 Å². The molecule has 1 N–H and O–H groups in total. The molecule has 0 bridgehead atoms. The van der Waals surface area contributed by atoms with Crippen molar-refractivity contribution in [1.82, 2.24) is 9.97 Å². The van der Waals surface area contributed by atoms with Gasteiger partial charge in [0.15, 0.2) is 0 Å². The Labute approximate surface area is 86.9 Å². The van der Waals surface area contributed by atoms with Gasteiger partial charge in [-0.05, 0) is 24.3 Å². The highest BCUT2D eigenvalue weighted by molar-refractivity contribution is 6.09. The summed E-state index contributed by atoms with van der Waals surface area (Å²) in [6.45, 7) is 0. The summed E-state index contributed by atoms with van der Waals surface area (Å²) in [6.07, 6.45) is 3.29. The average Bonchev–Trinajstić information content (AvgIpc) is 2.81. The number of ether oxygens (including phenoxy) is 1. The number of rotatable bonds is 3. The van der Waals surface area contributed by atoms with E-state index in [1.807, 2.05) is 0 Å². The molecule has 2 aromatic heterocycles. The van der Waals surface area contributed by atoms with E-state index >= 15 is 0 Å². The Balaban J connectivity index is 2.42. The quantitative estimate of drug-likeness (QED) is 0.770. The summed E-state index contributed by atoms with van der Waals surface area (Å²) in [5.41, 5.74) is 0.990. The summed E-state index contributed by atoms with van der Waals surface area (Å²) in [4.78, 5) is 18.8. The smallest absolute Gasteiger partial charge is 0.224 e. The predicted molar refractivity (Wildman–Crippen MR) is 55.0 cm³/mol. The summed E-state index contributed by atoms with van der Waals surface area (Å²) in [5.74, 6) is 0.224. The lowest BCUT2D eigenvalue weighted by atomic mass is 10.1. The van der Waals surface area contributed by atoms with E-state index in [9.17, 15) is 4.79 Å². The normalized spacial score (nSPS) is 9.93. The molecule has 2 rings (SSSR count). The SMILES string of the molecule is COc1ncccc1C(=O)c1ccc[nH]1. The van der Waals surface area contributed by atoms with E-state index in [1.165, 1.54) is 7.11 Å². The molecule has 4 nitrogen and oxygen atoms in total. The molecule has 2 aromatic rings. The van der Waals surface area contributed by atoms with Crippen LogP contribution in [-0.2, 0) is 0 Å². The van der Waals surface area contributed by atoms with Crippen LogP contribution in [0.1, 0.15) is 16.1 Å². The molecule has 0 aliphatic heterocycles. The maximum Gasteiger partial charge on any atom is 0.224 e. The van der Waals surface area contributed by atoms with Gasteiger partial charge in [0.1, 0.15) is 0 Å². The number of nitrogens with one attached hydrogen (secondary N) is 1. The number of aromatic amines is 1. The maximum atomic E-state index is 11.9. The Hall–Kier alpha value is -2.10. The van der Waals surface area contributed by atoms with E-state index in [0.717, 1.165) is 0 Å². The zero-order chi connectivity index (χ0) is 10.7. The fourth-order valence-corrected chi connectivity index (χ4v) is 1.34. The highest BCUT2D eigenvalue weighted by Crippen LogP contribution is 2.17. The van der Waals surface area contributed by atoms with Crippen LogP contribution >= 0.6 is 0 Å². The Morgan fingerprint density at radius 2 is 2.27 bits per heavy atom. The van der Waals surface area contributed by atoms with Gasteiger partial charge in [0, 0.05) is 12.4 Å².